The highest BCUT2D eigenvalue weighted by molar-refractivity contribution is 6.09. The first kappa shape index (κ1) is 21.7. The Kier molecular flexibility index (Phi) is 5.78. The fraction of sp³-hybridized carbons (Fsp3) is 0.375. The number of nitrogens with one attached hydrogen (secondary N) is 2. The molecular formula is C24H27N3O5. The lowest BCUT2D eigenvalue weighted by atomic mass is 9.90. The summed E-state index contributed by atoms with van der Waals surface area (Å²) in [6.45, 7) is 5.95. The summed E-state index contributed by atoms with van der Waals surface area (Å²) in [5.74, 6) is 0.732. The van der Waals surface area contributed by atoms with Crippen molar-refractivity contribution in [2.75, 3.05) is 19.7 Å². The number of hydrogen-bond donors (Lipinski definition) is 2. The van der Waals surface area contributed by atoms with Gasteiger partial charge in [0.1, 0.15) is 24.8 Å². The van der Waals surface area contributed by atoms with Gasteiger partial charge in [0.25, 0.3) is 5.91 Å². The van der Waals surface area contributed by atoms with Crippen LogP contribution in [0.25, 0.3) is 0 Å². The molecule has 8 heteroatoms. The number of fused-ring (bicyclic) bond motifs is 1. The molecule has 1 saturated heterocycles. The molecule has 0 spiro atoms. The Morgan fingerprint density at radius 3 is 2.53 bits per heavy atom. The van der Waals surface area contributed by atoms with Gasteiger partial charge in [-0.3, -0.25) is 14.5 Å². The maximum absolute atomic E-state index is 13.1. The number of carbonyl (C=O) groups is 3. The molecule has 0 saturated carbocycles. The maximum Gasteiger partial charge on any atom is 0.325 e. The molecular weight excluding hydrogens is 410 g/mol. The van der Waals surface area contributed by atoms with E-state index in [4.69, 9.17) is 9.47 Å². The second-order valence-corrected chi connectivity index (χ2v) is 8.52. The Hall–Kier alpha value is -3.55. The maximum atomic E-state index is 13.1. The Balaban J connectivity index is 1.35. The number of urea groups is 1. The van der Waals surface area contributed by atoms with Crippen molar-refractivity contribution >= 4 is 17.8 Å². The van der Waals surface area contributed by atoms with Crippen molar-refractivity contribution in [1.82, 2.24) is 15.5 Å². The van der Waals surface area contributed by atoms with E-state index in [0.29, 0.717) is 29.6 Å². The van der Waals surface area contributed by atoms with E-state index in [0.717, 1.165) is 10.5 Å². The van der Waals surface area contributed by atoms with E-state index in [-0.39, 0.29) is 19.2 Å². The number of amides is 4. The molecule has 1 fully saturated rings. The monoisotopic (exact) mass is 437 g/mol. The van der Waals surface area contributed by atoms with Gasteiger partial charge < -0.3 is 20.1 Å². The summed E-state index contributed by atoms with van der Waals surface area (Å²) in [7, 11) is 0. The van der Waals surface area contributed by atoms with Gasteiger partial charge in [-0.2, -0.15) is 0 Å². The zero-order valence-electron chi connectivity index (χ0n) is 18.4. The van der Waals surface area contributed by atoms with Crippen molar-refractivity contribution in [3.05, 3.63) is 59.7 Å². The highest BCUT2D eigenvalue weighted by Crippen LogP contribution is 2.31. The average Bonchev–Trinajstić information content (AvgIpc) is 3.01. The third-order valence-corrected chi connectivity index (χ3v) is 5.83. The molecule has 4 rings (SSSR count). The molecule has 4 amide bonds. The lowest BCUT2D eigenvalue weighted by Gasteiger charge is -2.26. The van der Waals surface area contributed by atoms with Crippen LogP contribution in [-0.4, -0.2) is 48.5 Å². The first-order valence-electron chi connectivity index (χ1n) is 10.7. The molecule has 32 heavy (non-hydrogen) atoms. The van der Waals surface area contributed by atoms with Crippen LogP contribution in [0.15, 0.2) is 48.5 Å². The van der Waals surface area contributed by atoms with E-state index in [1.165, 1.54) is 0 Å². The molecule has 0 bridgehead atoms. The minimum Gasteiger partial charge on any atom is -0.486 e. The fourth-order valence-electron chi connectivity index (χ4n) is 3.83. The van der Waals surface area contributed by atoms with Gasteiger partial charge in [-0.15, -0.1) is 0 Å². The van der Waals surface area contributed by atoms with E-state index in [9.17, 15) is 14.4 Å². The summed E-state index contributed by atoms with van der Waals surface area (Å²) in [5, 5.41) is 5.45. The van der Waals surface area contributed by atoms with Gasteiger partial charge in [-0.25, -0.2) is 4.79 Å². The molecule has 2 aliphatic rings. The molecule has 2 N–H and O–H groups in total. The lowest BCUT2D eigenvalue weighted by Crippen LogP contribution is -2.46. The quantitative estimate of drug-likeness (QED) is 0.677. The predicted molar refractivity (Wildman–Crippen MR) is 117 cm³/mol. The fourth-order valence-corrected chi connectivity index (χ4v) is 3.83. The SMILES string of the molecule is CC(C)c1ccc([C@]2(C)NC(=O)N(CC(=O)NC[C@@H]3COc4ccccc4O3)C2=O)cc1. The van der Waals surface area contributed by atoms with Crippen LogP contribution in [0.4, 0.5) is 4.79 Å². The van der Waals surface area contributed by atoms with Gasteiger partial charge in [0.05, 0.1) is 6.54 Å². The summed E-state index contributed by atoms with van der Waals surface area (Å²) in [5.41, 5.74) is 0.605. The third kappa shape index (κ3) is 4.12. The van der Waals surface area contributed by atoms with Crippen LogP contribution >= 0.6 is 0 Å². The highest BCUT2D eigenvalue weighted by Gasteiger charge is 2.49. The van der Waals surface area contributed by atoms with E-state index < -0.39 is 23.4 Å². The minimum atomic E-state index is -1.21. The standard InChI is InChI=1S/C24H27N3O5/c1-15(2)16-8-10-17(11-9-16)24(3)22(29)27(23(30)26-24)13-21(28)25-12-18-14-31-19-6-4-5-7-20(19)32-18/h4-11,15,18H,12-14H2,1-3H3,(H,25,28)(H,26,30)/t18-,24+/m1/s1. The van der Waals surface area contributed by atoms with Crippen molar-refractivity contribution in [3.8, 4) is 11.5 Å². The second-order valence-electron chi connectivity index (χ2n) is 8.52. The van der Waals surface area contributed by atoms with Crippen LogP contribution < -0.4 is 20.1 Å². The van der Waals surface area contributed by atoms with Crippen molar-refractivity contribution in [1.29, 1.82) is 0 Å². The molecule has 8 nitrogen and oxygen atoms in total. The molecule has 2 heterocycles. The molecule has 0 unspecified atom stereocenters. The summed E-state index contributed by atoms with van der Waals surface area (Å²) < 4.78 is 11.4. The second kappa shape index (κ2) is 8.53. The Morgan fingerprint density at radius 2 is 1.84 bits per heavy atom. The number of nitrogens with zero attached hydrogens (tertiary/aromatic N) is 1. The molecule has 0 radical (unpaired) electrons. The smallest absolute Gasteiger partial charge is 0.325 e. The van der Waals surface area contributed by atoms with Crippen LogP contribution in [0.2, 0.25) is 0 Å². The first-order chi connectivity index (χ1) is 15.3. The summed E-state index contributed by atoms with van der Waals surface area (Å²) in [6.07, 6.45) is -0.360. The topological polar surface area (TPSA) is 97.0 Å². The van der Waals surface area contributed by atoms with Gasteiger partial charge in [-0.05, 0) is 36.1 Å². The van der Waals surface area contributed by atoms with Crippen LogP contribution in [0, 0.1) is 0 Å². The number of hydrogen-bond acceptors (Lipinski definition) is 5. The van der Waals surface area contributed by atoms with Crippen molar-refractivity contribution in [2.45, 2.75) is 38.3 Å². The van der Waals surface area contributed by atoms with Gasteiger partial charge in [0.2, 0.25) is 5.91 Å². The number of rotatable bonds is 6. The third-order valence-electron chi connectivity index (χ3n) is 5.83. The predicted octanol–water partition coefficient (Wildman–Crippen LogP) is 2.53. The molecule has 0 aromatic heterocycles. The Labute approximate surface area is 186 Å². The lowest BCUT2D eigenvalue weighted by molar-refractivity contribution is -0.134. The summed E-state index contributed by atoms with van der Waals surface area (Å²) in [6, 6.07) is 14.3. The Bertz CT molecular complexity index is 1040. The number of carbonyl (C=O) groups excluding carboxylic acids is 3. The van der Waals surface area contributed by atoms with Gasteiger partial charge in [-0.1, -0.05) is 50.2 Å². The minimum absolute atomic E-state index is 0.199. The molecule has 168 valence electrons. The van der Waals surface area contributed by atoms with Crippen LogP contribution in [0.3, 0.4) is 0 Å². The number of benzene rings is 2. The zero-order chi connectivity index (χ0) is 22.9. The van der Waals surface area contributed by atoms with Gasteiger partial charge in [0.15, 0.2) is 11.5 Å². The van der Waals surface area contributed by atoms with Crippen molar-refractivity contribution in [2.24, 2.45) is 0 Å². The Morgan fingerprint density at radius 1 is 1.16 bits per heavy atom. The van der Waals surface area contributed by atoms with Crippen LogP contribution in [0.1, 0.15) is 37.8 Å². The van der Waals surface area contributed by atoms with Crippen molar-refractivity contribution in [3.63, 3.8) is 0 Å². The number of para-hydroxylation sites is 2. The average molecular weight is 437 g/mol. The van der Waals surface area contributed by atoms with E-state index >= 15 is 0 Å². The molecule has 0 aliphatic carbocycles. The number of imide groups is 1. The molecule has 2 aromatic carbocycles. The van der Waals surface area contributed by atoms with E-state index in [1.807, 2.05) is 42.5 Å². The summed E-state index contributed by atoms with van der Waals surface area (Å²) in [4.78, 5) is 39.0. The number of ether oxygens (including phenoxy) is 2. The first-order valence-corrected chi connectivity index (χ1v) is 10.7. The largest absolute Gasteiger partial charge is 0.486 e. The van der Waals surface area contributed by atoms with E-state index in [2.05, 4.69) is 24.5 Å². The zero-order valence-corrected chi connectivity index (χ0v) is 18.4. The van der Waals surface area contributed by atoms with Gasteiger partial charge in [0, 0.05) is 0 Å². The van der Waals surface area contributed by atoms with Crippen LogP contribution in [0.5, 0.6) is 11.5 Å². The summed E-state index contributed by atoms with van der Waals surface area (Å²) >= 11 is 0. The molecule has 2 atom stereocenters. The van der Waals surface area contributed by atoms with Crippen molar-refractivity contribution < 1.29 is 23.9 Å². The molecule has 2 aromatic rings. The highest BCUT2D eigenvalue weighted by atomic mass is 16.6. The van der Waals surface area contributed by atoms with E-state index in [1.54, 1.807) is 13.0 Å². The van der Waals surface area contributed by atoms with Crippen LogP contribution in [-0.2, 0) is 15.1 Å². The molecule has 2 aliphatic heterocycles. The normalized spacial score (nSPS) is 22.1. The van der Waals surface area contributed by atoms with Gasteiger partial charge >= 0.3 is 6.03 Å².